The Morgan fingerprint density at radius 2 is 2.00 bits per heavy atom. The minimum absolute atomic E-state index is 0.251. The average Bonchev–Trinajstić information content (AvgIpc) is 2.90. The van der Waals surface area contributed by atoms with E-state index in [0.29, 0.717) is 26.9 Å². The highest BCUT2D eigenvalue weighted by Crippen LogP contribution is 2.25. The number of benzene rings is 1. The Bertz CT molecular complexity index is 800. The molecule has 7 heteroatoms. The maximum Gasteiger partial charge on any atom is 0.257 e. The molecule has 0 saturated heterocycles. The number of nitrogens with zero attached hydrogens (tertiary/aromatic N) is 3. The lowest BCUT2D eigenvalue weighted by Crippen LogP contribution is -2.12. The lowest BCUT2D eigenvalue weighted by atomic mass is 10.2. The molecule has 0 radical (unpaired) electrons. The SMILES string of the molecule is O=C(Nc1ccc(Cl)c(Cl)c1)c1ccc2nncn2c1. The number of carbonyl (C=O) groups is 1. The van der Waals surface area contributed by atoms with Gasteiger partial charge >= 0.3 is 0 Å². The maximum atomic E-state index is 12.1. The Morgan fingerprint density at radius 3 is 2.80 bits per heavy atom. The van der Waals surface area contributed by atoms with Crippen LogP contribution in [0.1, 0.15) is 10.4 Å². The molecule has 1 amide bonds. The van der Waals surface area contributed by atoms with Gasteiger partial charge in [-0.15, -0.1) is 10.2 Å². The molecule has 0 unspecified atom stereocenters. The van der Waals surface area contributed by atoms with Crippen LogP contribution in [0, 0.1) is 0 Å². The summed E-state index contributed by atoms with van der Waals surface area (Å²) in [4.78, 5) is 12.1. The first-order chi connectivity index (χ1) is 9.63. The van der Waals surface area contributed by atoms with Gasteiger partial charge in [0.05, 0.1) is 15.6 Å². The Morgan fingerprint density at radius 1 is 1.15 bits per heavy atom. The van der Waals surface area contributed by atoms with Crippen molar-refractivity contribution in [2.45, 2.75) is 0 Å². The zero-order chi connectivity index (χ0) is 14.1. The van der Waals surface area contributed by atoms with Crippen LogP contribution in [0.25, 0.3) is 5.65 Å². The van der Waals surface area contributed by atoms with Crippen LogP contribution in [0.15, 0.2) is 42.9 Å². The second kappa shape index (κ2) is 5.11. The number of amides is 1. The molecule has 2 aromatic heterocycles. The van der Waals surface area contributed by atoms with Gasteiger partial charge in [0.1, 0.15) is 6.33 Å². The molecule has 0 saturated carbocycles. The molecule has 1 aromatic carbocycles. The molecular formula is C13H8Cl2N4O. The third-order valence-electron chi connectivity index (χ3n) is 2.73. The molecule has 0 spiro atoms. The number of carbonyl (C=O) groups excluding carboxylic acids is 1. The number of nitrogens with one attached hydrogen (secondary N) is 1. The highest BCUT2D eigenvalue weighted by atomic mass is 35.5. The van der Waals surface area contributed by atoms with E-state index in [1.165, 1.54) is 6.33 Å². The predicted molar refractivity (Wildman–Crippen MR) is 77.4 cm³/mol. The van der Waals surface area contributed by atoms with Crippen molar-refractivity contribution in [1.29, 1.82) is 0 Å². The van der Waals surface area contributed by atoms with Gasteiger partial charge in [-0.25, -0.2) is 0 Å². The average molecular weight is 307 g/mol. The van der Waals surface area contributed by atoms with Crippen LogP contribution in [0.2, 0.25) is 10.0 Å². The number of pyridine rings is 1. The lowest BCUT2D eigenvalue weighted by Gasteiger charge is -2.06. The molecule has 0 atom stereocenters. The van der Waals surface area contributed by atoms with E-state index in [0.717, 1.165) is 0 Å². The minimum Gasteiger partial charge on any atom is -0.322 e. The van der Waals surface area contributed by atoms with Gasteiger partial charge in [0.25, 0.3) is 5.91 Å². The fourth-order valence-corrected chi connectivity index (χ4v) is 2.04. The van der Waals surface area contributed by atoms with Crippen LogP contribution in [-0.4, -0.2) is 20.5 Å². The summed E-state index contributed by atoms with van der Waals surface area (Å²) in [6.07, 6.45) is 3.19. The first-order valence-corrected chi connectivity index (χ1v) is 6.45. The summed E-state index contributed by atoms with van der Waals surface area (Å²) in [5.41, 5.74) is 1.74. The third-order valence-corrected chi connectivity index (χ3v) is 3.47. The first kappa shape index (κ1) is 12.9. The Hall–Kier alpha value is -2.11. The summed E-state index contributed by atoms with van der Waals surface area (Å²) in [5, 5.41) is 11.2. The molecule has 3 rings (SSSR count). The Kier molecular flexibility index (Phi) is 3.30. The van der Waals surface area contributed by atoms with E-state index in [1.54, 1.807) is 40.9 Å². The zero-order valence-corrected chi connectivity index (χ0v) is 11.6. The summed E-state index contributed by atoms with van der Waals surface area (Å²) in [7, 11) is 0. The van der Waals surface area contributed by atoms with E-state index in [4.69, 9.17) is 23.2 Å². The van der Waals surface area contributed by atoms with E-state index in [1.807, 2.05) is 0 Å². The minimum atomic E-state index is -0.251. The van der Waals surface area contributed by atoms with Gasteiger partial charge < -0.3 is 5.32 Å². The van der Waals surface area contributed by atoms with Gasteiger partial charge in [-0.3, -0.25) is 9.20 Å². The largest absolute Gasteiger partial charge is 0.322 e. The van der Waals surface area contributed by atoms with Crippen LogP contribution in [0.5, 0.6) is 0 Å². The number of anilines is 1. The van der Waals surface area contributed by atoms with E-state index >= 15 is 0 Å². The summed E-state index contributed by atoms with van der Waals surface area (Å²) in [5.74, 6) is -0.251. The predicted octanol–water partition coefficient (Wildman–Crippen LogP) is 3.29. The van der Waals surface area contributed by atoms with Gasteiger partial charge in [-0.1, -0.05) is 23.2 Å². The normalized spacial score (nSPS) is 10.7. The summed E-state index contributed by atoms with van der Waals surface area (Å²) < 4.78 is 1.67. The second-order valence-corrected chi connectivity index (χ2v) is 4.91. The topological polar surface area (TPSA) is 59.3 Å². The van der Waals surface area contributed by atoms with Gasteiger partial charge in [0.15, 0.2) is 5.65 Å². The smallest absolute Gasteiger partial charge is 0.257 e. The van der Waals surface area contributed by atoms with E-state index < -0.39 is 0 Å². The molecule has 2 heterocycles. The number of hydrogen-bond acceptors (Lipinski definition) is 3. The Labute approximate surface area is 124 Å². The van der Waals surface area contributed by atoms with Crippen LogP contribution in [-0.2, 0) is 0 Å². The third kappa shape index (κ3) is 2.45. The molecule has 3 aromatic rings. The van der Waals surface area contributed by atoms with Crippen LogP contribution < -0.4 is 5.32 Å². The molecule has 100 valence electrons. The van der Waals surface area contributed by atoms with Crippen molar-refractivity contribution in [3.05, 3.63) is 58.5 Å². The number of fused-ring (bicyclic) bond motifs is 1. The van der Waals surface area contributed by atoms with E-state index in [-0.39, 0.29) is 5.91 Å². The van der Waals surface area contributed by atoms with Crippen molar-refractivity contribution < 1.29 is 4.79 Å². The second-order valence-electron chi connectivity index (χ2n) is 4.10. The van der Waals surface area contributed by atoms with E-state index in [9.17, 15) is 4.79 Å². The van der Waals surface area contributed by atoms with Gasteiger partial charge in [-0.2, -0.15) is 0 Å². The van der Waals surface area contributed by atoms with Crippen LogP contribution in [0.4, 0.5) is 5.69 Å². The summed E-state index contributed by atoms with van der Waals surface area (Å²) in [6.45, 7) is 0. The number of hydrogen-bond donors (Lipinski definition) is 1. The maximum absolute atomic E-state index is 12.1. The number of aromatic nitrogens is 3. The molecule has 0 aliphatic heterocycles. The quantitative estimate of drug-likeness (QED) is 0.790. The molecule has 0 fully saturated rings. The summed E-state index contributed by atoms with van der Waals surface area (Å²) >= 11 is 11.7. The van der Waals surface area contributed by atoms with Crippen molar-refractivity contribution in [3.8, 4) is 0 Å². The van der Waals surface area contributed by atoms with Gasteiger partial charge in [0.2, 0.25) is 0 Å². The lowest BCUT2D eigenvalue weighted by molar-refractivity contribution is 0.102. The zero-order valence-electron chi connectivity index (χ0n) is 10.0. The monoisotopic (exact) mass is 306 g/mol. The standard InChI is InChI=1S/C13H8Cl2N4O/c14-10-3-2-9(5-11(10)15)17-13(20)8-1-4-12-18-16-7-19(12)6-8/h1-7H,(H,17,20). The molecule has 20 heavy (non-hydrogen) atoms. The van der Waals surface area contributed by atoms with Crippen molar-refractivity contribution >= 4 is 40.4 Å². The molecular weight excluding hydrogens is 299 g/mol. The first-order valence-electron chi connectivity index (χ1n) is 5.69. The molecule has 0 aliphatic carbocycles. The van der Waals surface area contributed by atoms with Crippen LogP contribution >= 0.6 is 23.2 Å². The fraction of sp³-hybridized carbons (Fsp3) is 0. The van der Waals surface area contributed by atoms with Gasteiger partial charge in [0, 0.05) is 11.9 Å². The number of halogens is 2. The molecule has 1 N–H and O–H groups in total. The van der Waals surface area contributed by atoms with E-state index in [2.05, 4.69) is 15.5 Å². The molecule has 5 nitrogen and oxygen atoms in total. The van der Waals surface area contributed by atoms with Gasteiger partial charge in [-0.05, 0) is 30.3 Å². The molecule has 0 bridgehead atoms. The van der Waals surface area contributed by atoms with Crippen molar-refractivity contribution in [1.82, 2.24) is 14.6 Å². The highest BCUT2D eigenvalue weighted by Gasteiger charge is 2.08. The van der Waals surface area contributed by atoms with Crippen molar-refractivity contribution in [2.24, 2.45) is 0 Å². The highest BCUT2D eigenvalue weighted by molar-refractivity contribution is 6.42. The number of rotatable bonds is 2. The van der Waals surface area contributed by atoms with Crippen LogP contribution in [0.3, 0.4) is 0 Å². The molecule has 0 aliphatic rings. The Balaban J connectivity index is 1.86. The fourth-order valence-electron chi connectivity index (χ4n) is 1.74. The van der Waals surface area contributed by atoms with Crippen molar-refractivity contribution in [2.75, 3.05) is 5.32 Å². The summed E-state index contributed by atoms with van der Waals surface area (Å²) in [6, 6.07) is 8.30. The van der Waals surface area contributed by atoms with Crippen molar-refractivity contribution in [3.63, 3.8) is 0 Å².